The molecule has 0 unspecified atom stereocenters. The van der Waals surface area contributed by atoms with Gasteiger partial charge in [-0.1, -0.05) is 42.5 Å². The Morgan fingerprint density at radius 3 is 2.49 bits per heavy atom. The Balaban J connectivity index is 1.65. The van der Waals surface area contributed by atoms with Crippen LogP contribution in [0.4, 0.5) is 5.69 Å². The first-order valence-electron chi connectivity index (χ1n) is 11.6. The van der Waals surface area contributed by atoms with E-state index in [1.165, 1.54) is 6.07 Å². The van der Waals surface area contributed by atoms with Crippen LogP contribution < -0.4 is 15.4 Å². The van der Waals surface area contributed by atoms with Crippen LogP contribution in [0.5, 0.6) is 0 Å². The zero-order chi connectivity index (χ0) is 25.0. The SMILES string of the molecule is CCOC(=O)[C@H]1CNCC[C@@H]1NS(=O)(=O)c1ccc(NC(=O)c2ccccc2C)c2ccccc12. The highest BCUT2D eigenvalue weighted by molar-refractivity contribution is 7.89. The molecule has 1 saturated heterocycles. The van der Waals surface area contributed by atoms with Crippen molar-refractivity contribution < 1.29 is 22.7 Å². The van der Waals surface area contributed by atoms with Gasteiger partial charge >= 0.3 is 5.97 Å². The molecule has 1 aliphatic heterocycles. The van der Waals surface area contributed by atoms with Crippen LogP contribution in [-0.2, 0) is 19.6 Å². The number of aryl methyl sites for hydroxylation is 1. The average Bonchev–Trinajstić information content (AvgIpc) is 2.84. The summed E-state index contributed by atoms with van der Waals surface area (Å²) in [5.74, 6) is -1.31. The number of carbonyl (C=O) groups excluding carboxylic acids is 2. The molecule has 9 heteroatoms. The fraction of sp³-hybridized carbons (Fsp3) is 0.308. The number of fused-ring (bicyclic) bond motifs is 1. The van der Waals surface area contributed by atoms with Crippen LogP contribution in [0.25, 0.3) is 10.8 Å². The number of benzene rings is 3. The summed E-state index contributed by atoms with van der Waals surface area (Å²) in [4.78, 5) is 25.4. The first-order chi connectivity index (χ1) is 16.8. The second-order valence-corrected chi connectivity index (χ2v) is 10.2. The van der Waals surface area contributed by atoms with Gasteiger partial charge in [-0.2, -0.15) is 0 Å². The first kappa shape index (κ1) is 24.8. The van der Waals surface area contributed by atoms with E-state index in [0.29, 0.717) is 41.5 Å². The Morgan fingerprint density at radius 1 is 1.03 bits per heavy atom. The highest BCUT2D eigenvalue weighted by Crippen LogP contribution is 2.31. The van der Waals surface area contributed by atoms with Crippen molar-refractivity contribution in [3.8, 4) is 0 Å². The van der Waals surface area contributed by atoms with Gasteiger partial charge in [-0.3, -0.25) is 9.59 Å². The highest BCUT2D eigenvalue weighted by Gasteiger charge is 2.35. The second kappa shape index (κ2) is 10.6. The first-order valence-corrected chi connectivity index (χ1v) is 13.1. The van der Waals surface area contributed by atoms with Gasteiger partial charge in [-0.25, -0.2) is 13.1 Å². The van der Waals surface area contributed by atoms with E-state index in [1.807, 2.05) is 19.1 Å². The summed E-state index contributed by atoms with van der Waals surface area (Å²) in [6.07, 6.45) is 0.464. The van der Waals surface area contributed by atoms with E-state index >= 15 is 0 Å². The van der Waals surface area contributed by atoms with Crippen molar-refractivity contribution in [3.63, 3.8) is 0 Å². The van der Waals surface area contributed by atoms with E-state index in [2.05, 4.69) is 15.4 Å². The number of hydrogen-bond donors (Lipinski definition) is 3. The normalized spacial score (nSPS) is 18.2. The lowest BCUT2D eigenvalue weighted by Gasteiger charge is -2.31. The molecule has 8 nitrogen and oxygen atoms in total. The van der Waals surface area contributed by atoms with E-state index in [-0.39, 0.29) is 17.4 Å². The van der Waals surface area contributed by atoms with Crippen LogP contribution in [0.15, 0.2) is 65.6 Å². The monoisotopic (exact) mass is 495 g/mol. The van der Waals surface area contributed by atoms with Crippen molar-refractivity contribution >= 4 is 38.4 Å². The van der Waals surface area contributed by atoms with E-state index in [4.69, 9.17) is 4.74 Å². The Morgan fingerprint density at radius 2 is 1.74 bits per heavy atom. The summed E-state index contributed by atoms with van der Waals surface area (Å²) in [5.41, 5.74) is 1.90. The van der Waals surface area contributed by atoms with Crippen molar-refractivity contribution in [1.29, 1.82) is 0 Å². The summed E-state index contributed by atoms with van der Waals surface area (Å²) in [6, 6.07) is 16.8. The lowest BCUT2D eigenvalue weighted by molar-refractivity contribution is -0.149. The maximum atomic E-state index is 13.5. The number of ether oxygens (including phenoxy) is 1. The van der Waals surface area contributed by atoms with Crippen LogP contribution in [0.2, 0.25) is 0 Å². The zero-order valence-electron chi connectivity index (χ0n) is 19.7. The quantitative estimate of drug-likeness (QED) is 0.434. The maximum absolute atomic E-state index is 13.5. The van der Waals surface area contributed by atoms with Crippen molar-refractivity contribution in [2.45, 2.75) is 31.2 Å². The molecule has 3 aromatic carbocycles. The summed E-state index contributed by atoms with van der Waals surface area (Å²) >= 11 is 0. The van der Waals surface area contributed by atoms with Gasteiger partial charge in [0.05, 0.1) is 17.4 Å². The third-order valence-electron chi connectivity index (χ3n) is 6.19. The number of nitrogens with one attached hydrogen (secondary N) is 3. The van der Waals surface area contributed by atoms with Crippen molar-refractivity contribution in [1.82, 2.24) is 10.0 Å². The van der Waals surface area contributed by atoms with Crippen molar-refractivity contribution in [2.24, 2.45) is 5.92 Å². The summed E-state index contributed by atoms with van der Waals surface area (Å²) < 4.78 is 34.8. The van der Waals surface area contributed by atoms with E-state index in [9.17, 15) is 18.0 Å². The molecule has 0 radical (unpaired) electrons. The minimum atomic E-state index is -3.97. The molecule has 35 heavy (non-hydrogen) atoms. The summed E-state index contributed by atoms with van der Waals surface area (Å²) in [6.45, 7) is 4.75. The highest BCUT2D eigenvalue weighted by atomic mass is 32.2. The van der Waals surface area contributed by atoms with Gasteiger partial charge in [0.25, 0.3) is 5.91 Å². The van der Waals surface area contributed by atoms with Gasteiger partial charge in [-0.05, 0) is 50.6 Å². The van der Waals surface area contributed by atoms with E-state index in [1.54, 1.807) is 49.4 Å². The molecule has 0 saturated carbocycles. The van der Waals surface area contributed by atoms with E-state index < -0.39 is 28.0 Å². The second-order valence-electron chi connectivity index (χ2n) is 8.51. The average molecular weight is 496 g/mol. The zero-order valence-corrected chi connectivity index (χ0v) is 20.5. The third-order valence-corrected chi connectivity index (χ3v) is 7.74. The molecule has 3 aromatic rings. The van der Waals surface area contributed by atoms with Gasteiger partial charge in [0, 0.05) is 34.6 Å². The fourth-order valence-electron chi connectivity index (χ4n) is 4.39. The molecular weight excluding hydrogens is 466 g/mol. The van der Waals surface area contributed by atoms with Crippen molar-refractivity contribution in [2.75, 3.05) is 25.0 Å². The van der Waals surface area contributed by atoms with Crippen LogP contribution in [0, 0.1) is 12.8 Å². The van der Waals surface area contributed by atoms with Crippen LogP contribution in [0.1, 0.15) is 29.3 Å². The minimum absolute atomic E-state index is 0.0862. The Bertz CT molecular complexity index is 1360. The molecule has 1 amide bonds. The number of piperidine rings is 1. The van der Waals surface area contributed by atoms with Gasteiger partial charge in [0.1, 0.15) is 0 Å². The largest absolute Gasteiger partial charge is 0.466 e. The standard InChI is InChI=1S/C26H29N3O5S/c1-3-34-26(31)21-16-27-15-14-23(21)29-35(32,33)24-13-12-22(19-10-6-7-11-20(19)24)28-25(30)18-9-5-4-8-17(18)2/h4-13,21,23,27,29H,3,14-16H2,1-2H3,(H,28,30)/t21-,23-/m0/s1. The number of hydrogen-bond acceptors (Lipinski definition) is 6. The Kier molecular flexibility index (Phi) is 7.49. The summed E-state index contributed by atoms with van der Waals surface area (Å²) in [5, 5.41) is 7.12. The number of amides is 1. The fourth-order valence-corrected chi connectivity index (χ4v) is 5.91. The molecule has 0 spiro atoms. The van der Waals surface area contributed by atoms with E-state index in [0.717, 1.165) is 5.56 Å². The maximum Gasteiger partial charge on any atom is 0.311 e. The molecule has 0 aromatic heterocycles. The smallest absolute Gasteiger partial charge is 0.311 e. The van der Waals surface area contributed by atoms with Gasteiger partial charge in [0.15, 0.2) is 0 Å². The van der Waals surface area contributed by atoms with Crippen LogP contribution >= 0.6 is 0 Å². The summed E-state index contributed by atoms with van der Waals surface area (Å²) in [7, 11) is -3.97. The Labute approximate surface area is 205 Å². The number of sulfonamides is 1. The number of rotatable bonds is 7. The van der Waals surface area contributed by atoms with Crippen molar-refractivity contribution in [3.05, 3.63) is 71.8 Å². The van der Waals surface area contributed by atoms with Crippen LogP contribution in [0.3, 0.4) is 0 Å². The predicted octanol–water partition coefficient (Wildman–Crippen LogP) is 3.22. The lowest BCUT2D eigenvalue weighted by Crippen LogP contribution is -2.52. The Hall–Kier alpha value is -3.27. The minimum Gasteiger partial charge on any atom is -0.466 e. The predicted molar refractivity (Wildman–Crippen MR) is 135 cm³/mol. The molecule has 2 atom stereocenters. The third kappa shape index (κ3) is 5.37. The molecular formula is C26H29N3O5S. The molecule has 0 aliphatic carbocycles. The topological polar surface area (TPSA) is 114 Å². The van der Waals surface area contributed by atoms with Gasteiger partial charge < -0.3 is 15.4 Å². The van der Waals surface area contributed by atoms with Gasteiger partial charge in [0.2, 0.25) is 10.0 Å². The molecule has 3 N–H and O–H groups in total. The molecule has 4 rings (SSSR count). The molecule has 1 aliphatic rings. The lowest BCUT2D eigenvalue weighted by atomic mass is 9.94. The number of anilines is 1. The van der Waals surface area contributed by atoms with Gasteiger partial charge in [-0.15, -0.1) is 0 Å². The molecule has 1 heterocycles. The number of esters is 1. The molecule has 0 bridgehead atoms. The molecule has 184 valence electrons. The number of carbonyl (C=O) groups is 2. The van der Waals surface area contributed by atoms with Crippen LogP contribution in [-0.4, -0.2) is 46.0 Å². The molecule has 1 fully saturated rings.